The number of rotatable bonds is 2. The van der Waals surface area contributed by atoms with Crippen LogP contribution in [0.2, 0.25) is 5.02 Å². The van der Waals surface area contributed by atoms with Crippen molar-refractivity contribution in [3.05, 3.63) is 33.3 Å². The minimum absolute atomic E-state index is 0.0980. The largest absolute Gasteiger partial charge is 0.444 e. The minimum atomic E-state index is -0.450. The highest BCUT2D eigenvalue weighted by Crippen LogP contribution is 2.45. The summed E-state index contributed by atoms with van der Waals surface area (Å²) in [5.74, 6) is 0. The molecule has 4 nitrogen and oxygen atoms in total. The molecule has 1 saturated carbocycles. The van der Waals surface area contributed by atoms with Crippen LogP contribution in [-0.4, -0.2) is 46.7 Å². The van der Waals surface area contributed by atoms with Crippen molar-refractivity contribution in [3.8, 4) is 0 Å². The van der Waals surface area contributed by atoms with Gasteiger partial charge in [0.1, 0.15) is 5.60 Å². The number of halogens is 2. The third-order valence-electron chi connectivity index (χ3n) is 4.67. The Morgan fingerprint density at radius 2 is 2.04 bits per heavy atom. The van der Waals surface area contributed by atoms with E-state index in [1.165, 1.54) is 0 Å². The fourth-order valence-electron chi connectivity index (χ4n) is 3.24. The Bertz CT molecular complexity index is 640. The SMILES string of the molecule is CC(C)(C)OC(=O)N1CCN(Cc2cccc(Br)c2Cl)C2(CC2)C1. The predicted molar refractivity (Wildman–Crippen MR) is 99.3 cm³/mol. The Labute approximate surface area is 157 Å². The van der Waals surface area contributed by atoms with Crippen molar-refractivity contribution in [1.82, 2.24) is 9.80 Å². The molecule has 0 radical (unpaired) electrons. The molecule has 0 unspecified atom stereocenters. The van der Waals surface area contributed by atoms with Crippen molar-refractivity contribution >= 4 is 33.6 Å². The molecule has 0 bridgehead atoms. The molecule has 6 heteroatoms. The van der Waals surface area contributed by atoms with Gasteiger partial charge in [-0.25, -0.2) is 4.79 Å². The van der Waals surface area contributed by atoms with Gasteiger partial charge in [-0.3, -0.25) is 4.90 Å². The lowest BCUT2D eigenvalue weighted by Crippen LogP contribution is -2.56. The number of benzene rings is 1. The Kier molecular flexibility index (Phi) is 4.89. The van der Waals surface area contributed by atoms with E-state index in [-0.39, 0.29) is 11.6 Å². The van der Waals surface area contributed by atoms with E-state index in [0.29, 0.717) is 6.54 Å². The van der Waals surface area contributed by atoms with Gasteiger partial charge in [0.25, 0.3) is 0 Å². The second-order valence-corrected chi connectivity index (χ2v) is 8.99. The highest BCUT2D eigenvalue weighted by molar-refractivity contribution is 9.10. The van der Waals surface area contributed by atoms with Crippen LogP contribution in [0.15, 0.2) is 22.7 Å². The molecule has 0 atom stereocenters. The monoisotopic (exact) mass is 414 g/mol. The second kappa shape index (κ2) is 6.50. The first kappa shape index (κ1) is 18.0. The maximum Gasteiger partial charge on any atom is 0.410 e. The van der Waals surface area contributed by atoms with Gasteiger partial charge in [-0.1, -0.05) is 23.7 Å². The maximum atomic E-state index is 12.4. The smallest absolute Gasteiger partial charge is 0.410 e. The molecule has 1 heterocycles. The number of piperazine rings is 1. The van der Waals surface area contributed by atoms with E-state index >= 15 is 0 Å². The van der Waals surface area contributed by atoms with E-state index in [9.17, 15) is 4.79 Å². The van der Waals surface area contributed by atoms with Gasteiger partial charge in [-0.15, -0.1) is 0 Å². The molecule has 0 aromatic heterocycles. The molecular weight excluding hydrogens is 392 g/mol. The molecule has 1 aliphatic carbocycles. The van der Waals surface area contributed by atoms with E-state index in [0.717, 1.165) is 47.5 Å². The number of ether oxygens (including phenoxy) is 1. The van der Waals surface area contributed by atoms with Crippen molar-refractivity contribution in [2.45, 2.75) is 51.3 Å². The van der Waals surface area contributed by atoms with Gasteiger partial charge >= 0.3 is 6.09 Å². The van der Waals surface area contributed by atoms with Crippen LogP contribution in [0.3, 0.4) is 0 Å². The lowest BCUT2D eigenvalue weighted by Gasteiger charge is -2.42. The molecule has 0 N–H and O–H groups in total. The first-order chi connectivity index (χ1) is 11.2. The maximum absolute atomic E-state index is 12.4. The Morgan fingerprint density at radius 1 is 1.33 bits per heavy atom. The molecule has 132 valence electrons. The summed E-state index contributed by atoms with van der Waals surface area (Å²) >= 11 is 9.91. The summed E-state index contributed by atoms with van der Waals surface area (Å²) in [4.78, 5) is 16.7. The van der Waals surface area contributed by atoms with Crippen LogP contribution < -0.4 is 0 Å². The van der Waals surface area contributed by atoms with Crippen LogP contribution in [0.25, 0.3) is 0 Å². The number of carbonyl (C=O) groups excluding carboxylic acids is 1. The average Bonchev–Trinajstić information content (AvgIpc) is 3.24. The summed E-state index contributed by atoms with van der Waals surface area (Å²) in [6.45, 7) is 8.83. The standard InChI is InChI=1S/C18H24BrClN2O2/c1-17(2,3)24-16(23)21-9-10-22(18(12-21)7-8-18)11-13-5-4-6-14(19)15(13)20/h4-6H,7-12H2,1-3H3. The molecule has 1 saturated heterocycles. The van der Waals surface area contributed by atoms with E-state index in [1.54, 1.807) is 0 Å². The second-order valence-electron chi connectivity index (χ2n) is 7.76. The molecule has 2 aliphatic rings. The molecular formula is C18H24BrClN2O2. The third kappa shape index (κ3) is 3.89. The average molecular weight is 416 g/mol. The zero-order valence-corrected chi connectivity index (χ0v) is 16.8. The first-order valence-corrected chi connectivity index (χ1v) is 9.53. The van der Waals surface area contributed by atoms with Crippen molar-refractivity contribution in [3.63, 3.8) is 0 Å². The van der Waals surface area contributed by atoms with Crippen molar-refractivity contribution in [2.75, 3.05) is 19.6 Å². The van der Waals surface area contributed by atoms with E-state index in [2.05, 4.69) is 26.9 Å². The predicted octanol–water partition coefficient (Wildman–Crippen LogP) is 4.69. The highest BCUT2D eigenvalue weighted by atomic mass is 79.9. The topological polar surface area (TPSA) is 32.8 Å². The Hall–Kier alpha value is -0.780. The number of nitrogens with zero attached hydrogens (tertiary/aromatic N) is 2. The van der Waals surface area contributed by atoms with E-state index in [4.69, 9.17) is 16.3 Å². The van der Waals surface area contributed by atoms with Gasteiger partial charge in [-0.2, -0.15) is 0 Å². The minimum Gasteiger partial charge on any atom is -0.444 e. The summed E-state index contributed by atoms with van der Waals surface area (Å²) in [5, 5.41) is 0.780. The summed E-state index contributed by atoms with van der Waals surface area (Å²) in [6.07, 6.45) is 2.05. The van der Waals surface area contributed by atoms with Gasteiger partial charge in [0, 0.05) is 36.2 Å². The van der Waals surface area contributed by atoms with Crippen LogP contribution in [0, 0.1) is 0 Å². The van der Waals surface area contributed by atoms with Crippen molar-refractivity contribution in [1.29, 1.82) is 0 Å². The molecule has 1 spiro atoms. The third-order valence-corrected chi connectivity index (χ3v) is 6.00. The summed E-state index contributed by atoms with van der Waals surface area (Å²) in [7, 11) is 0. The van der Waals surface area contributed by atoms with Crippen LogP contribution >= 0.6 is 27.5 Å². The van der Waals surface area contributed by atoms with E-state index < -0.39 is 5.60 Å². The number of hydrogen-bond donors (Lipinski definition) is 0. The molecule has 24 heavy (non-hydrogen) atoms. The molecule has 1 aliphatic heterocycles. The van der Waals surface area contributed by atoms with E-state index in [1.807, 2.05) is 37.8 Å². The Balaban J connectivity index is 1.67. The van der Waals surface area contributed by atoms with Crippen LogP contribution in [0.1, 0.15) is 39.2 Å². The van der Waals surface area contributed by atoms with Crippen molar-refractivity contribution < 1.29 is 9.53 Å². The van der Waals surface area contributed by atoms with Gasteiger partial charge < -0.3 is 9.64 Å². The van der Waals surface area contributed by atoms with Crippen LogP contribution in [0.5, 0.6) is 0 Å². The molecule has 1 aromatic carbocycles. The zero-order valence-electron chi connectivity index (χ0n) is 14.4. The lowest BCUT2D eigenvalue weighted by atomic mass is 10.1. The van der Waals surface area contributed by atoms with Crippen LogP contribution in [0.4, 0.5) is 4.79 Å². The van der Waals surface area contributed by atoms with Crippen LogP contribution in [-0.2, 0) is 11.3 Å². The fourth-order valence-corrected chi connectivity index (χ4v) is 3.83. The zero-order chi connectivity index (χ0) is 17.5. The van der Waals surface area contributed by atoms with Gasteiger partial charge in [0.15, 0.2) is 0 Å². The number of hydrogen-bond acceptors (Lipinski definition) is 3. The normalized spacial score (nSPS) is 20.3. The number of carbonyl (C=O) groups is 1. The summed E-state index contributed by atoms with van der Waals surface area (Å²) < 4.78 is 6.46. The lowest BCUT2D eigenvalue weighted by molar-refractivity contribution is -0.00238. The number of amides is 1. The Morgan fingerprint density at radius 3 is 2.67 bits per heavy atom. The van der Waals surface area contributed by atoms with Gasteiger partial charge in [0.2, 0.25) is 0 Å². The quantitative estimate of drug-likeness (QED) is 0.702. The highest BCUT2D eigenvalue weighted by Gasteiger charge is 2.52. The molecule has 1 aromatic rings. The fraction of sp³-hybridized carbons (Fsp3) is 0.611. The summed E-state index contributed by atoms with van der Waals surface area (Å²) in [5.41, 5.74) is 0.776. The van der Waals surface area contributed by atoms with Gasteiger partial charge in [-0.05, 0) is 61.2 Å². The van der Waals surface area contributed by atoms with Gasteiger partial charge in [0.05, 0.1) is 5.02 Å². The first-order valence-electron chi connectivity index (χ1n) is 8.36. The molecule has 2 fully saturated rings. The molecule has 3 rings (SSSR count). The summed E-state index contributed by atoms with van der Waals surface area (Å²) in [6, 6.07) is 6.05. The van der Waals surface area contributed by atoms with Crippen molar-refractivity contribution in [2.24, 2.45) is 0 Å². The molecule has 1 amide bonds.